The van der Waals surface area contributed by atoms with E-state index < -0.39 is 5.97 Å². The van der Waals surface area contributed by atoms with Crippen molar-refractivity contribution < 1.29 is 9.90 Å². The Kier molecular flexibility index (Phi) is 4.98. The normalized spacial score (nSPS) is 11.3. The van der Waals surface area contributed by atoms with Gasteiger partial charge in [-0.3, -0.25) is 5.43 Å². The van der Waals surface area contributed by atoms with Crippen molar-refractivity contribution in [3.05, 3.63) is 63.1 Å². The number of hydrogen-bond acceptors (Lipinski definition) is 3. The van der Waals surface area contributed by atoms with E-state index in [4.69, 9.17) is 16.7 Å². The average Bonchev–Trinajstić information content (AvgIpc) is 2.46. The molecule has 0 aliphatic heterocycles. The molecule has 0 amide bonds. The summed E-state index contributed by atoms with van der Waals surface area (Å²) in [4.78, 5) is 11.0. The molecule has 0 saturated carbocycles. The molecule has 0 bridgehead atoms. The van der Waals surface area contributed by atoms with Gasteiger partial charge in [0.25, 0.3) is 0 Å². The molecule has 21 heavy (non-hydrogen) atoms. The molecule has 0 heterocycles. The van der Waals surface area contributed by atoms with Crippen LogP contribution in [0, 0.1) is 0 Å². The van der Waals surface area contributed by atoms with Crippen LogP contribution >= 0.6 is 27.5 Å². The van der Waals surface area contributed by atoms with Gasteiger partial charge in [0, 0.05) is 4.47 Å². The maximum Gasteiger partial charge on any atom is 0.337 e. The number of carboxylic acids is 1. The van der Waals surface area contributed by atoms with Gasteiger partial charge in [-0.05, 0) is 42.8 Å². The van der Waals surface area contributed by atoms with Gasteiger partial charge >= 0.3 is 5.97 Å². The summed E-state index contributed by atoms with van der Waals surface area (Å²) in [6, 6.07) is 12.4. The van der Waals surface area contributed by atoms with Gasteiger partial charge in [0.2, 0.25) is 0 Å². The minimum absolute atomic E-state index is 0.0400. The Morgan fingerprint density at radius 1 is 1.24 bits per heavy atom. The molecule has 0 unspecified atom stereocenters. The first kappa shape index (κ1) is 15.5. The number of anilines is 1. The van der Waals surface area contributed by atoms with E-state index in [1.807, 2.05) is 31.2 Å². The molecule has 0 fully saturated rings. The second-order valence-corrected chi connectivity index (χ2v) is 5.64. The van der Waals surface area contributed by atoms with Gasteiger partial charge in [0.05, 0.1) is 22.0 Å². The highest BCUT2D eigenvalue weighted by atomic mass is 79.9. The van der Waals surface area contributed by atoms with Gasteiger partial charge in [-0.1, -0.05) is 39.7 Å². The topological polar surface area (TPSA) is 61.7 Å². The Morgan fingerprint density at radius 3 is 2.52 bits per heavy atom. The fraction of sp³-hybridized carbons (Fsp3) is 0.0667. The highest BCUT2D eigenvalue weighted by Crippen LogP contribution is 2.20. The van der Waals surface area contributed by atoms with Gasteiger partial charge in [0.1, 0.15) is 0 Å². The van der Waals surface area contributed by atoms with Crippen LogP contribution in [0.2, 0.25) is 5.02 Å². The smallest absolute Gasteiger partial charge is 0.337 e. The number of hydrazone groups is 1. The van der Waals surface area contributed by atoms with Crippen LogP contribution in [0.5, 0.6) is 0 Å². The molecule has 0 radical (unpaired) electrons. The van der Waals surface area contributed by atoms with Crippen LogP contribution in [0.15, 0.2) is 52.0 Å². The summed E-state index contributed by atoms with van der Waals surface area (Å²) in [5.74, 6) is -1.07. The molecule has 6 heteroatoms. The molecular formula is C15H12BrClN2O2. The van der Waals surface area contributed by atoms with Crippen LogP contribution in [-0.2, 0) is 0 Å². The SMILES string of the molecule is C/C(=N/Nc1ccc(Cl)c(C(=O)O)c1)c1ccc(Br)cc1. The lowest BCUT2D eigenvalue weighted by Crippen LogP contribution is -2.02. The third-order valence-corrected chi connectivity index (χ3v) is 3.67. The number of carbonyl (C=O) groups is 1. The summed E-state index contributed by atoms with van der Waals surface area (Å²) in [5, 5.41) is 13.5. The van der Waals surface area contributed by atoms with Gasteiger partial charge in [-0.15, -0.1) is 0 Å². The van der Waals surface area contributed by atoms with E-state index in [2.05, 4.69) is 26.5 Å². The van der Waals surface area contributed by atoms with Crippen molar-refractivity contribution in [3.8, 4) is 0 Å². The largest absolute Gasteiger partial charge is 0.478 e. The van der Waals surface area contributed by atoms with Crippen LogP contribution in [0.25, 0.3) is 0 Å². The van der Waals surface area contributed by atoms with Crippen molar-refractivity contribution >= 4 is 44.9 Å². The van der Waals surface area contributed by atoms with Gasteiger partial charge in [0.15, 0.2) is 0 Å². The van der Waals surface area contributed by atoms with Crippen LogP contribution in [0.3, 0.4) is 0 Å². The predicted molar refractivity (Wildman–Crippen MR) is 88.4 cm³/mol. The van der Waals surface area contributed by atoms with E-state index in [1.54, 1.807) is 6.07 Å². The van der Waals surface area contributed by atoms with E-state index >= 15 is 0 Å². The molecule has 2 N–H and O–H groups in total. The maximum atomic E-state index is 11.0. The molecular weight excluding hydrogens is 356 g/mol. The fourth-order valence-electron chi connectivity index (χ4n) is 1.66. The highest BCUT2D eigenvalue weighted by Gasteiger charge is 2.09. The summed E-state index contributed by atoms with van der Waals surface area (Å²) in [6.07, 6.45) is 0. The molecule has 0 aromatic heterocycles. The number of halogens is 2. The van der Waals surface area contributed by atoms with Crippen molar-refractivity contribution in [1.82, 2.24) is 0 Å². The number of carboxylic acid groups (broad SMARTS) is 1. The predicted octanol–water partition coefficient (Wildman–Crippen LogP) is 4.64. The Bertz CT molecular complexity index is 699. The molecule has 0 atom stereocenters. The van der Waals surface area contributed by atoms with Crippen LogP contribution in [0.1, 0.15) is 22.8 Å². The van der Waals surface area contributed by atoms with Crippen molar-refractivity contribution in [2.24, 2.45) is 5.10 Å². The van der Waals surface area contributed by atoms with Crippen molar-refractivity contribution in [2.45, 2.75) is 6.92 Å². The van der Waals surface area contributed by atoms with E-state index in [1.165, 1.54) is 12.1 Å². The van der Waals surface area contributed by atoms with Gasteiger partial charge in [-0.2, -0.15) is 5.10 Å². The van der Waals surface area contributed by atoms with Gasteiger partial charge in [-0.25, -0.2) is 4.79 Å². The van der Waals surface area contributed by atoms with E-state index in [0.29, 0.717) is 5.69 Å². The molecule has 0 aliphatic rings. The third kappa shape index (κ3) is 4.06. The molecule has 0 aliphatic carbocycles. The standard InChI is InChI=1S/C15H12BrClN2O2/c1-9(10-2-4-11(16)5-3-10)18-19-12-6-7-14(17)13(8-12)15(20)21/h2-8,19H,1H3,(H,20,21)/b18-9-. The lowest BCUT2D eigenvalue weighted by Gasteiger charge is -2.06. The van der Waals surface area contributed by atoms with Crippen LogP contribution in [0.4, 0.5) is 5.69 Å². The van der Waals surface area contributed by atoms with Crippen LogP contribution in [-0.4, -0.2) is 16.8 Å². The van der Waals surface area contributed by atoms with E-state index in [9.17, 15) is 4.79 Å². The number of hydrogen-bond donors (Lipinski definition) is 2. The number of aromatic carboxylic acids is 1. The summed E-state index contributed by atoms with van der Waals surface area (Å²) >= 11 is 9.19. The lowest BCUT2D eigenvalue weighted by atomic mass is 10.1. The Hall–Kier alpha value is -1.85. The summed E-state index contributed by atoms with van der Waals surface area (Å²) in [5.41, 5.74) is 5.19. The number of benzene rings is 2. The molecule has 2 rings (SSSR count). The molecule has 4 nitrogen and oxygen atoms in total. The summed E-state index contributed by atoms with van der Waals surface area (Å²) in [6.45, 7) is 1.87. The summed E-state index contributed by atoms with van der Waals surface area (Å²) in [7, 11) is 0. The quantitative estimate of drug-likeness (QED) is 0.611. The van der Waals surface area contributed by atoms with Crippen molar-refractivity contribution in [1.29, 1.82) is 0 Å². The molecule has 108 valence electrons. The lowest BCUT2D eigenvalue weighted by molar-refractivity contribution is 0.0697. The Labute approximate surface area is 135 Å². The summed E-state index contributed by atoms with van der Waals surface area (Å²) < 4.78 is 0.996. The minimum atomic E-state index is -1.07. The Balaban J connectivity index is 2.18. The molecule has 2 aromatic carbocycles. The van der Waals surface area contributed by atoms with Crippen LogP contribution < -0.4 is 5.43 Å². The van der Waals surface area contributed by atoms with Crippen molar-refractivity contribution in [2.75, 3.05) is 5.43 Å². The number of nitrogens with one attached hydrogen (secondary N) is 1. The first-order valence-corrected chi connectivity index (χ1v) is 7.23. The first-order chi connectivity index (χ1) is 9.97. The highest BCUT2D eigenvalue weighted by molar-refractivity contribution is 9.10. The van der Waals surface area contributed by atoms with Gasteiger partial charge < -0.3 is 5.11 Å². The second-order valence-electron chi connectivity index (χ2n) is 4.32. The molecule has 2 aromatic rings. The fourth-order valence-corrected chi connectivity index (χ4v) is 2.13. The van der Waals surface area contributed by atoms with E-state index in [0.717, 1.165) is 15.7 Å². The average molecular weight is 368 g/mol. The molecule has 0 saturated heterocycles. The first-order valence-electron chi connectivity index (χ1n) is 6.06. The molecule has 0 spiro atoms. The zero-order valence-electron chi connectivity index (χ0n) is 11.1. The number of rotatable bonds is 4. The monoisotopic (exact) mass is 366 g/mol. The zero-order valence-corrected chi connectivity index (χ0v) is 13.4. The Morgan fingerprint density at radius 2 is 1.90 bits per heavy atom. The minimum Gasteiger partial charge on any atom is -0.478 e. The maximum absolute atomic E-state index is 11.0. The van der Waals surface area contributed by atoms with Crippen molar-refractivity contribution in [3.63, 3.8) is 0 Å². The third-order valence-electron chi connectivity index (χ3n) is 2.81. The van der Waals surface area contributed by atoms with E-state index in [-0.39, 0.29) is 10.6 Å². The number of nitrogens with zero attached hydrogens (tertiary/aromatic N) is 1. The second kappa shape index (κ2) is 6.74. The zero-order chi connectivity index (χ0) is 15.4.